The fourth-order valence-electron chi connectivity index (χ4n) is 4.33. The van der Waals surface area contributed by atoms with E-state index in [-0.39, 0.29) is 11.6 Å². The SMILES string of the molecule is C[C@H](O[C@@H]1CCc2cccnc2[C@H]1c1ccc(F)cc1)c1cc(C(F)(F)F)cc(C(F)(F)F)c1. The smallest absolute Gasteiger partial charge is 0.370 e. The van der Waals surface area contributed by atoms with Gasteiger partial charge in [-0.15, -0.1) is 0 Å². The van der Waals surface area contributed by atoms with Crippen molar-refractivity contribution in [2.24, 2.45) is 0 Å². The summed E-state index contributed by atoms with van der Waals surface area (Å²) in [6.45, 7) is 1.42. The molecular formula is C25H20F7NO. The minimum Gasteiger partial charge on any atom is -0.370 e. The second-order valence-corrected chi connectivity index (χ2v) is 8.27. The lowest BCUT2D eigenvalue weighted by Crippen LogP contribution is -2.31. The molecule has 34 heavy (non-hydrogen) atoms. The van der Waals surface area contributed by atoms with E-state index in [1.54, 1.807) is 24.4 Å². The Morgan fingerprint density at radius 3 is 2.12 bits per heavy atom. The molecule has 1 aromatic heterocycles. The summed E-state index contributed by atoms with van der Waals surface area (Å²) >= 11 is 0. The van der Waals surface area contributed by atoms with Gasteiger partial charge in [0, 0.05) is 6.20 Å². The van der Waals surface area contributed by atoms with Gasteiger partial charge in [0.05, 0.1) is 34.9 Å². The molecule has 0 aliphatic heterocycles. The number of alkyl halides is 6. The van der Waals surface area contributed by atoms with Gasteiger partial charge in [0.25, 0.3) is 0 Å². The highest BCUT2D eigenvalue weighted by Crippen LogP contribution is 2.41. The van der Waals surface area contributed by atoms with Crippen LogP contribution in [0.25, 0.3) is 0 Å². The van der Waals surface area contributed by atoms with Crippen LogP contribution < -0.4 is 0 Å². The predicted octanol–water partition coefficient (Wildman–Crippen LogP) is 7.48. The molecule has 9 heteroatoms. The molecular weight excluding hydrogens is 463 g/mol. The van der Waals surface area contributed by atoms with Crippen LogP contribution in [0.15, 0.2) is 60.8 Å². The number of hydrogen-bond acceptors (Lipinski definition) is 2. The molecule has 1 heterocycles. The van der Waals surface area contributed by atoms with Crippen LogP contribution in [0.3, 0.4) is 0 Å². The predicted molar refractivity (Wildman–Crippen MR) is 111 cm³/mol. The number of fused-ring (bicyclic) bond motifs is 1. The van der Waals surface area contributed by atoms with Crippen molar-refractivity contribution < 1.29 is 35.5 Å². The second kappa shape index (κ2) is 9.02. The summed E-state index contributed by atoms with van der Waals surface area (Å²) in [6, 6.07) is 10.9. The monoisotopic (exact) mass is 483 g/mol. The third kappa shape index (κ3) is 5.09. The van der Waals surface area contributed by atoms with E-state index in [4.69, 9.17) is 4.74 Å². The molecule has 0 spiro atoms. The van der Waals surface area contributed by atoms with Gasteiger partial charge in [-0.2, -0.15) is 26.3 Å². The molecule has 3 atom stereocenters. The molecule has 0 saturated carbocycles. The number of hydrogen-bond donors (Lipinski definition) is 0. The zero-order chi connectivity index (χ0) is 24.7. The highest BCUT2D eigenvalue weighted by Gasteiger charge is 2.38. The minimum absolute atomic E-state index is 0.0955. The lowest BCUT2D eigenvalue weighted by Gasteiger charge is -2.35. The second-order valence-electron chi connectivity index (χ2n) is 8.27. The molecule has 0 bridgehead atoms. The first-order valence-corrected chi connectivity index (χ1v) is 10.6. The molecule has 180 valence electrons. The van der Waals surface area contributed by atoms with Gasteiger partial charge in [0.1, 0.15) is 5.82 Å². The topological polar surface area (TPSA) is 22.1 Å². The first kappa shape index (κ1) is 24.2. The molecule has 0 fully saturated rings. The van der Waals surface area contributed by atoms with E-state index in [0.29, 0.717) is 36.2 Å². The first-order valence-electron chi connectivity index (χ1n) is 10.6. The largest absolute Gasteiger partial charge is 0.416 e. The number of benzene rings is 2. The number of pyridine rings is 1. The maximum absolute atomic E-state index is 13.5. The van der Waals surface area contributed by atoms with Crippen molar-refractivity contribution in [1.29, 1.82) is 0 Å². The molecule has 0 radical (unpaired) electrons. The number of halogens is 7. The highest BCUT2D eigenvalue weighted by molar-refractivity contribution is 5.38. The molecule has 3 aromatic rings. The number of nitrogens with zero attached hydrogens (tertiary/aromatic N) is 1. The Morgan fingerprint density at radius 2 is 1.53 bits per heavy atom. The zero-order valence-corrected chi connectivity index (χ0v) is 17.9. The molecule has 0 N–H and O–H groups in total. The molecule has 0 saturated heterocycles. The van der Waals surface area contributed by atoms with Crippen LogP contribution in [-0.4, -0.2) is 11.1 Å². The Morgan fingerprint density at radius 1 is 0.912 bits per heavy atom. The highest BCUT2D eigenvalue weighted by atomic mass is 19.4. The van der Waals surface area contributed by atoms with Crippen molar-refractivity contribution in [3.63, 3.8) is 0 Å². The normalized spacial score (nSPS) is 19.5. The Balaban J connectivity index is 1.70. The Kier molecular flexibility index (Phi) is 6.42. The van der Waals surface area contributed by atoms with Crippen molar-refractivity contribution in [2.75, 3.05) is 0 Å². The molecule has 4 rings (SSSR count). The lowest BCUT2D eigenvalue weighted by atomic mass is 9.79. The van der Waals surface area contributed by atoms with Gasteiger partial charge in [0.2, 0.25) is 0 Å². The van der Waals surface area contributed by atoms with Crippen LogP contribution in [0.4, 0.5) is 30.7 Å². The summed E-state index contributed by atoms with van der Waals surface area (Å²) < 4.78 is 99.4. The van der Waals surface area contributed by atoms with Crippen LogP contribution >= 0.6 is 0 Å². The summed E-state index contributed by atoms with van der Waals surface area (Å²) in [7, 11) is 0. The molecule has 0 unspecified atom stereocenters. The number of aromatic nitrogens is 1. The summed E-state index contributed by atoms with van der Waals surface area (Å²) in [5.41, 5.74) is -0.664. The minimum atomic E-state index is -4.94. The third-order valence-electron chi connectivity index (χ3n) is 5.98. The van der Waals surface area contributed by atoms with Crippen LogP contribution in [0.5, 0.6) is 0 Å². The Labute approximate surface area is 191 Å². The fourth-order valence-corrected chi connectivity index (χ4v) is 4.33. The summed E-state index contributed by atoms with van der Waals surface area (Å²) in [4.78, 5) is 4.45. The van der Waals surface area contributed by atoms with Crippen molar-refractivity contribution in [1.82, 2.24) is 4.98 Å². The van der Waals surface area contributed by atoms with E-state index in [9.17, 15) is 30.7 Å². The first-order chi connectivity index (χ1) is 15.9. The van der Waals surface area contributed by atoms with Crippen molar-refractivity contribution in [3.8, 4) is 0 Å². The van der Waals surface area contributed by atoms with Crippen LogP contribution in [0.2, 0.25) is 0 Å². The zero-order valence-electron chi connectivity index (χ0n) is 17.9. The van der Waals surface area contributed by atoms with Gasteiger partial charge in [0.15, 0.2) is 0 Å². The van der Waals surface area contributed by atoms with Crippen LogP contribution in [-0.2, 0) is 23.5 Å². The van der Waals surface area contributed by atoms with Gasteiger partial charge < -0.3 is 4.74 Å². The standard InChI is InChI=1S/C25H20F7NO/c1-14(17-11-18(24(27,28)29)13-19(12-17)25(30,31)32)34-21-9-6-16-3-2-10-33-23(16)22(21)15-4-7-20(26)8-5-15/h2-5,7-8,10-14,21-22H,6,9H2,1H3/t14-,21+,22-/m0/s1. The van der Waals surface area contributed by atoms with Crippen molar-refractivity contribution in [3.05, 3.63) is 100 Å². The van der Waals surface area contributed by atoms with Crippen LogP contribution in [0.1, 0.15) is 58.9 Å². The Hall–Kier alpha value is -2.94. The Bertz CT molecular complexity index is 1120. The van der Waals surface area contributed by atoms with E-state index in [1.165, 1.54) is 19.1 Å². The fraction of sp³-hybridized carbons (Fsp3) is 0.320. The molecule has 2 aromatic carbocycles. The maximum Gasteiger partial charge on any atom is 0.416 e. The van der Waals surface area contributed by atoms with E-state index in [0.717, 1.165) is 5.56 Å². The van der Waals surface area contributed by atoms with E-state index in [2.05, 4.69) is 4.98 Å². The maximum atomic E-state index is 13.5. The molecule has 1 aliphatic rings. The average Bonchev–Trinajstić information content (AvgIpc) is 2.78. The number of aryl methyl sites for hydroxylation is 1. The molecule has 2 nitrogen and oxygen atoms in total. The lowest BCUT2D eigenvalue weighted by molar-refractivity contribution is -0.143. The van der Waals surface area contributed by atoms with Gasteiger partial charge >= 0.3 is 12.4 Å². The molecule has 1 aliphatic carbocycles. The van der Waals surface area contributed by atoms with Crippen molar-refractivity contribution >= 4 is 0 Å². The third-order valence-corrected chi connectivity index (χ3v) is 5.98. The van der Waals surface area contributed by atoms with Gasteiger partial charge in [-0.05, 0) is 72.9 Å². The van der Waals surface area contributed by atoms with E-state index >= 15 is 0 Å². The summed E-state index contributed by atoms with van der Waals surface area (Å²) in [5, 5.41) is 0. The number of rotatable bonds is 4. The average molecular weight is 483 g/mol. The van der Waals surface area contributed by atoms with E-state index in [1.807, 2.05) is 6.07 Å². The summed E-state index contributed by atoms with van der Waals surface area (Å²) in [6.07, 6.45) is -8.90. The van der Waals surface area contributed by atoms with Crippen molar-refractivity contribution in [2.45, 2.75) is 50.2 Å². The van der Waals surface area contributed by atoms with E-state index < -0.39 is 47.4 Å². The molecule has 0 amide bonds. The van der Waals surface area contributed by atoms with Gasteiger partial charge in [-0.25, -0.2) is 4.39 Å². The van der Waals surface area contributed by atoms with Gasteiger partial charge in [-0.3, -0.25) is 4.98 Å². The summed E-state index contributed by atoms with van der Waals surface area (Å²) in [5.74, 6) is -0.892. The van der Waals surface area contributed by atoms with Gasteiger partial charge in [-0.1, -0.05) is 18.2 Å². The number of ether oxygens (including phenoxy) is 1. The van der Waals surface area contributed by atoms with Crippen LogP contribution in [0, 0.1) is 5.82 Å². The quantitative estimate of drug-likeness (QED) is 0.359.